The largest absolute Gasteiger partial charge is 0.359 e. The number of hydrogen-bond donors (Lipinski definition) is 0. The van der Waals surface area contributed by atoms with Crippen LogP contribution in [0.15, 0.2) is 48.5 Å². The van der Waals surface area contributed by atoms with E-state index in [2.05, 4.69) is 48.5 Å². The number of epoxide rings is 1. The van der Waals surface area contributed by atoms with E-state index in [1.54, 1.807) is 0 Å². The van der Waals surface area contributed by atoms with Gasteiger partial charge in [-0.05, 0) is 22.3 Å². The van der Waals surface area contributed by atoms with Gasteiger partial charge in [-0.25, -0.2) is 0 Å². The SMILES string of the molecule is c1ccc2c(c1)-c1ccccc1[C@H]1O[C@H]21. The van der Waals surface area contributed by atoms with Crippen LogP contribution in [-0.4, -0.2) is 0 Å². The molecule has 0 radical (unpaired) electrons. The van der Waals surface area contributed by atoms with Crippen LogP contribution in [0, 0.1) is 0 Å². The number of fused-ring (bicyclic) bond motifs is 6. The molecule has 1 fully saturated rings. The second kappa shape index (κ2) is 2.50. The van der Waals surface area contributed by atoms with Crippen LogP contribution in [0.25, 0.3) is 11.1 Å². The highest BCUT2D eigenvalue weighted by molar-refractivity contribution is 5.75. The molecule has 2 aromatic carbocycles. The number of hydrogen-bond acceptors (Lipinski definition) is 1. The van der Waals surface area contributed by atoms with Gasteiger partial charge in [-0.15, -0.1) is 0 Å². The summed E-state index contributed by atoms with van der Waals surface area (Å²) in [5.74, 6) is 0. The Morgan fingerprint density at radius 3 is 1.67 bits per heavy atom. The Hall–Kier alpha value is -1.60. The van der Waals surface area contributed by atoms with E-state index in [1.807, 2.05) is 0 Å². The summed E-state index contributed by atoms with van der Waals surface area (Å²) in [5.41, 5.74) is 5.38. The third kappa shape index (κ3) is 0.910. The molecule has 1 aliphatic heterocycles. The topological polar surface area (TPSA) is 12.5 Å². The highest BCUT2D eigenvalue weighted by atomic mass is 16.6. The van der Waals surface area contributed by atoms with E-state index in [0.29, 0.717) is 12.2 Å². The molecule has 72 valence electrons. The fraction of sp³-hybridized carbons (Fsp3) is 0.143. The second-order valence-corrected chi connectivity index (χ2v) is 4.15. The maximum Gasteiger partial charge on any atom is 0.114 e. The zero-order chi connectivity index (χ0) is 9.83. The molecule has 0 amide bonds. The van der Waals surface area contributed by atoms with Gasteiger partial charge in [0.2, 0.25) is 0 Å². The molecule has 4 rings (SSSR count). The second-order valence-electron chi connectivity index (χ2n) is 4.15. The standard InChI is InChI=1S/C14H10O/c1-3-7-11-9(5-1)10-6-2-4-8-12(10)14-13(11)15-14/h1-8,13-14H/t13-,14-/m1/s1. The zero-order valence-corrected chi connectivity index (χ0v) is 8.18. The molecule has 1 heteroatoms. The molecule has 1 saturated heterocycles. The molecule has 0 saturated carbocycles. The average molecular weight is 194 g/mol. The highest BCUT2D eigenvalue weighted by Crippen LogP contribution is 2.58. The van der Waals surface area contributed by atoms with Gasteiger partial charge in [-0.2, -0.15) is 0 Å². The first-order valence-corrected chi connectivity index (χ1v) is 5.29. The van der Waals surface area contributed by atoms with Crippen molar-refractivity contribution in [1.82, 2.24) is 0 Å². The highest BCUT2D eigenvalue weighted by Gasteiger charge is 2.46. The predicted octanol–water partition coefficient (Wildman–Crippen LogP) is 3.48. The summed E-state index contributed by atoms with van der Waals surface area (Å²) in [7, 11) is 0. The Labute approximate surface area is 88.3 Å². The van der Waals surface area contributed by atoms with Gasteiger partial charge in [0.1, 0.15) is 12.2 Å². The van der Waals surface area contributed by atoms with Crippen molar-refractivity contribution in [2.75, 3.05) is 0 Å². The van der Waals surface area contributed by atoms with Crippen molar-refractivity contribution in [3.8, 4) is 11.1 Å². The molecule has 0 N–H and O–H groups in total. The molecule has 0 aromatic heterocycles. The summed E-state index contributed by atoms with van der Waals surface area (Å²) in [6, 6.07) is 17.1. The average Bonchev–Trinajstić information content (AvgIpc) is 3.10. The quantitative estimate of drug-likeness (QED) is 0.585. The van der Waals surface area contributed by atoms with Crippen LogP contribution >= 0.6 is 0 Å². The van der Waals surface area contributed by atoms with Crippen LogP contribution < -0.4 is 0 Å². The first-order chi connectivity index (χ1) is 7.45. The summed E-state index contributed by atoms with van der Waals surface area (Å²) in [4.78, 5) is 0. The lowest BCUT2D eigenvalue weighted by atomic mass is 9.86. The van der Waals surface area contributed by atoms with E-state index in [0.717, 1.165) is 0 Å². The smallest absolute Gasteiger partial charge is 0.114 e. The van der Waals surface area contributed by atoms with Crippen molar-refractivity contribution in [3.63, 3.8) is 0 Å². The summed E-state index contributed by atoms with van der Waals surface area (Å²) in [6.45, 7) is 0. The molecular weight excluding hydrogens is 184 g/mol. The minimum Gasteiger partial charge on any atom is -0.359 e. The van der Waals surface area contributed by atoms with E-state index in [4.69, 9.17) is 4.74 Å². The maximum absolute atomic E-state index is 5.73. The summed E-state index contributed by atoms with van der Waals surface area (Å²) >= 11 is 0. The normalized spacial score (nSPS) is 25.1. The van der Waals surface area contributed by atoms with Gasteiger partial charge in [-0.1, -0.05) is 48.5 Å². The predicted molar refractivity (Wildman–Crippen MR) is 58.4 cm³/mol. The third-order valence-corrected chi connectivity index (χ3v) is 3.32. The van der Waals surface area contributed by atoms with Crippen LogP contribution in [0.1, 0.15) is 23.3 Å². The molecule has 1 aliphatic carbocycles. The number of ether oxygens (including phenoxy) is 1. The Balaban J connectivity index is 2.09. The molecule has 0 unspecified atom stereocenters. The first-order valence-electron chi connectivity index (χ1n) is 5.29. The summed E-state index contributed by atoms with van der Waals surface area (Å²) in [5, 5.41) is 0. The van der Waals surface area contributed by atoms with E-state index in [-0.39, 0.29) is 0 Å². The Bertz CT molecular complexity index is 495. The van der Waals surface area contributed by atoms with Crippen LogP contribution in [0.4, 0.5) is 0 Å². The van der Waals surface area contributed by atoms with Gasteiger partial charge >= 0.3 is 0 Å². The summed E-state index contributed by atoms with van der Waals surface area (Å²) < 4.78 is 5.73. The van der Waals surface area contributed by atoms with Gasteiger partial charge in [0.15, 0.2) is 0 Å². The van der Waals surface area contributed by atoms with E-state index in [9.17, 15) is 0 Å². The Kier molecular flexibility index (Phi) is 1.28. The number of rotatable bonds is 0. The van der Waals surface area contributed by atoms with Crippen LogP contribution in [0.3, 0.4) is 0 Å². The Morgan fingerprint density at radius 1 is 0.667 bits per heavy atom. The van der Waals surface area contributed by atoms with E-state index >= 15 is 0 Å². The minimum absolute atomic E-state index is 0.316. The molecule has 0 spiro atoms. The van der Waals surface area contributed by atoms with Crippen LogP contribution in [-0.2, 0) is 4.74 Å². The number of benzene rings is 2. The third-order valence-electron chi connectivity index (χ3n) is 3.32. The Morgan fingerprint density at radius 2 is 1.13 bits per heavy atom. The van der Waals surface area contributed by atoms with Gasteiger partial charge in [-0.3, -0.25) is 0 Å². The van der Waals surface area contributed by atoms with E-state index < -0.39 is 0 Å². The zero-order valence-electron chi connectivity index (χ0n) is 8.18. The van der Waals surface area contributed by atoms with Crippen LogP contribution in [0.2, 0.25) is 0 Å². The van der Waals surface area contributed by atoms with Gasteiger partial charge in [0.25, 0.3) is 0 Å². The van der Waals surface area contributed by atoms with Crippen molar-refractivity contribution in [1.29, 1.82) is 0 Å². The lowest BCUT2D eigenvalue weighted by Crippen LogP contribution is -1.98. The molecule has 1 heterocycles. The van der Waals surface area contributed by atoms with Crippen molar-refractivity contribution in [2.45, 2.75) is 12.2 Å². The lowest BCUT2D eigenvalue weighted by Gasteiger charge is -2.15. The van der Waals surface area contributed by atoms with Crippen molar-refractivity contribution in [3.05, 3.63) is 59.7 Å². The van der Waals surface area contributed by atoms with Crippen molar-refractivity contribution < 1.29 is 4.74 Å². The summed E-state index contributed by atoms with van der Waals surface area (Å²) in [6.07, 6.45) is 0.632. The molecule has 2 atom stereocenters. The fourth-order valence-corrected chi connectivity index (χ4v) is 2.57. The van der Waals surface area contributed by atoms with Crippen LogP contribution in [0.5, 0.6) is 0 Å². The van der Waals surface area contributed by atoms with E-state index in [1.165, 1.54) is 22.3 Å². The fourth-order valence-electron chi connectivity index (χ4n) is 2.57. The molecule has 1 nitrogen and oxygen atoms in total. The molecule has 15 heavy (non-hydrogen) atoms. The van der Waals surface area contributed by atoms with Gasteiger partial charge < -0.3 is 4.74 Å². The van der Waals surface area contributed by atoms with Crippen molar-refractivity contribution >= 4 is 0 Å². The molecule has 2 aromatic rings. The van der Waals surface area contributed by atoms with Gasteiger partial charge in [0.05, 0.1) is 0 Å². The molecule has 2 aliphatic rings. The maximum atomic E-state index is 5.73. The molecular formula is C14H10O. The lowest BCUT2D eigenvalue weighted by molar-refractivity contribution is 0.380. The minimum atomic E-state index is 0.316. The first kappa shape index (κ1) is 7.66. The monoisotopic (exact) mass is 194 g/mol. The van der Waals surface area contributed by atoms with Crippen molar-refractivity contribution in [2.24, 2.45) is 0 Å². The van der Waals surface area contributed by atoms with Gasteiger partial charge in [0, 0.05) is 0 Å². The molecule has 0 bridgehead atoms.